The van der Waals surface area contributed by atoms with E-state index in [-0.39, 0.29) is 23.3 Å². The molecule has 0 unspecified atom stereocenters. The van der Waals surface area contributed by atoms with Gasteiger partial charge < -0.3 is 10.1 Å². The fraction of sp³-hybridized carbons (Fsp3) is 0.471. The van der Waals surface area contributed by atoms with Crippen molar-refractivity contribution in [3.8, 4) is 0 Å². The summed E-state index contributed by atoms with van der Waals surface area (Å²) in [5.74, 6) is 0.0671. The number of halogens is 1. The molecule has 0 aliphatic rings. The molecule has 0 fully saturated rings. The van der Waals surface area contributed by atoms with E-state index in [2.05, 4.69) is 10.3 Å². The molecule has 0 aliphatic carbocycles. The fourth-order valence-electron chi connectivity index (χ4n) is 2.23. The van der Waals surface area contributed by atoms with Crippen molar-refractivity contribution in [2.75, 3.05) is 19.4 Å². The van der Waals surface area contributed by atoms with Crippen LogP contribution in [0.2, 0.25) is 5.02 Å². The van der Waals surface area contributed by atoms with Crippen LogP contribution in [0.1, 0.15) is 20.3 Å². The molecule has 1 aromatic heterocycles. The number of amides is 1. The lowest BCUT2D eigenvalue weighted by atomic mass is 10.2. The first-order valence-electron chi connectivity index (χ1n) is 8.07. The summed E-state index contributed by atoms with van der Waals surface area (Å²) in [6, 6.07) is 5.02. The van der Waals surface area contributed by atoms with Crippen molar-refractivity contribution in [2.24, 2.45) is 0 Å². The predicted molar refractivity (Wildman–Crippen MR) is 102 cm³/mol. The molecule has 0 radical (unpaired) electrons. The number of nitrogens with zero attached hydrogens (tertiary/aromatic N) is 2. The smallest absolute Gasteiger partial charge is 0.262 e. The Morgan fingerprint density at radius 1 is 1.44 bits per heavy atom. The Hall–Kier alpha value is -1.57. The normalized spacial score (nSPS) is 11.2. The van der Waals surface area contributed by atoms with E-state index < -0.39 is 0 Å². The average molecular weight is 384 g/mol. The molecule has 6 nitrogen and oxygen atoms in total. The number of benzene rings is 1. The van der Waals surface area contributed by atoms with Crippen LogP contribution in [-0.2, 0) is 16.1 Å². The molecule has 1 N–H and O–H groups in total. The lowest BCUT2D eigenvalue weighted by Crippen LogP contribution is -2.26. The first kappa shape index (κ1) is 19.8. The zero-order valence-corrected chi connectivity index (χ0v) is 16.1. The summed E-state index contributed by atoms with van der Waals surface area (Å²) >= 11 is 7.24. The summed E-state index contributed by atoms with van der Waals surface area (Å²) in [6.45, 7) is 4.98. The van der Waals surface area contributed by atoms with Crippen LogP contribution in [0, 0.1) is 0 Å². The Balaban J connectivity index is 2.33. The summed E-state index contributed by atoms with van der Waals surface area (Å²) in [5, 5.41) is 4.10. The Kier molecular flexibility index (Phi) is 7.28. The highest BCUT2D eigenvalue weighted by Gasteiger charge is 2.13. The molecule has 0 saturated heterocycles. The molecule has 1 aromatic carbocycles. The minimum absolute atomic E-state index is 0.125. The Morgan fingerprint density at radius 2 is 2.20 bits per heavy atom. The molecule has 8 heteroatoms. The molecule has 0 saturated carbocycles. The van der Waals surface area contributed by atoms with E-state index in [0.717, 1.165) is 0 Å². The van der Waals surface area contributed by atoms with Crippen molar-refractivity contribution >= 4 is 40.2 Å². The van der Waals surface area contributed by atoms with Crippen molar-refractivity contribution in [3.05, 3.63) is 33.6 Å². The third-order valence-electron chi connectivity index (χ3n) is 3.47. The standard InChI is InChI=1S/C17H22ClN3O3S/c1-11(2)24-8-4-7-21-16(23)13-6-5-12(18)9-14(13)20-17(21)25-10-15(22)19-3/h5-6,9,11H,4,7-8,10H2,1-3H3,(H,19,22). The van der Waals surface area contributed by atoms with Gasteiger partial charge in [0.1, 0.15) is 0 Å². The average Bonchev–Trinajstić information content (AvgIpc) is 2.57. The highest BCUT2D eigenvalue weighted by molar-refractivity contribution is 7.99. The number of ether oxygens (including phenoxy) is 1. The van der Waals surface area contributed by atoms with E-state index in [1.54, 1.807) is 29.8 Å². The second-order valence-electron chi connectivity index (χ2n) is 5.75. The van der Waals surface area contributed by atoms with Gasteiger partial charge in [-0.25, -0.2) is 4.98 Å². The van der Waals surface area contributed by atoms with Crippen LogP contribution in [-0.4, -0.2) is 41.0 Å². The number of rotatable bonds is 8. The first-order chi connectivity index (χ1) is 11.9. The minimum atomic E-state index is -0.134. The maximum Gasteiger partial charge on any atom is 0.262 e. The number of aromatic nitrogens is 2. The van der Waals surface area contributed by atoms with E-state index in [9.17, 15) is 9.59 Å². The topological polar surface area (TPSA) is 73.2 Å². The summed E-state index contributed by atoms with van der Waals surface area (Å²) in [5.41, 5.74) is 0.400. The molecule has 0 bridgehead atoms. The molecule has 2 rings (SSSR count). The van der Waals surface area contributed by atoms with Crippen molar-refractivity contribution in [2.45, 2.75) is 38.1 Å². The summed E-state index contributed by atoms with van der Waals surface area (Å²) in [7, 11) is 1.58. The molecule has 25 heavy (non-hydrogen) atoms. The van der Waals surface area contributed by atoms with Crippen molar-refractivity contribution in [3.63, 3.8) is 0 Å². The van der Waals surface area contributed by atoms with Crippen LogP contribution in [0.5, 0.6) is 0 Å². The van der Waals surface area contributed by atoms with E-state index in [0.29, 0.717) is 40.7 Å². The van der Waals surface area contributed by atoms with Gasteiger partial charge in [0.25, 0.3) is 5.56 Å². The maximum atomic E-state index is 12.8. The van der Waals surface area contributed by atoms with Gasteiger partial charge in [-0.1, -0.05) is 23.4 Å². The third kappa shape index (κ3) is 5.45. The molecule has 1 heterocycles. The Bertz CT molecular complexity index is 808. The molecule has 0 spiro atoms. The van der Waals surface area contributed by atoms with Crippen LogP contribution in [0.4, 0.5) is 0 Å². The Labute approximate surface area is 155 Å². The van der Waals surface area contributed by atoms with Crippen molar-refractivity contribution < 1.29 is 9.53 Å². The highest BCUT2D eigenvalue weighted by atomic mass is 35.5. The molecule has 1 amide bonds. The van der Waals surface area contributed by atoms with Gasteiger partial charge in [0.05, 0.1) is 22.8 Å². The SMILES string of the molecule is CNC(=O)CSc1nc2cc(Cl)ccc2c(=O)n1CCCOC(C)C. The Morgan fingerprint density at radius 3 is 2.88 bits per heavy atom. The number of fused-ring (bicyclic) bond motifs is 1. The summed E-state index contributed by atoms with van der Waals surface area (Å²) in [4.78, 5) is 28.9. The van der Waals surface area contributed by atoms with E-state index in [1.165, 1.54) is 11.8 Å². The van der Waals surface area contributed by atoms with E-state index in [1.807, 2.05) is 13.8 Å². The zero-order chi connectivity index (χ0) is 18.4. The van der Waals surface area contributed by atoms with Gasteiger partial charge in [0.2, 0.25) is 5.91 Å². The highest BCUT2D eigenvalue weighted by Crippen LogP contribution is 2.20. The second-order valence-corrected chi connectivity index (χ2v) is 7.13. The lowest BCUT2D eigenvalue weighted by Gasteiger charge is -2.14. The number of carbonyl (C=O) groups excluding carboxylic acids is 1. The summed E-state index contributed by atoms with van der Waals surface area (Å²) < 4.78 is 7.14. The van der Waals surface area contributed by atoms with Gasteiger partial charge in [0, 0.05) is 25.2 Å². The number of hydrogen-bond donors (Lipinski definition) is 1. The quantitative estimate of drug-likeness (QED) is 0.431. The maximum absolute atomic E-state index is 12.8. The van der Waals surface area contributed by atoms with Gasteiger partial charge in [-0.2, -0.15) is 0 Å². The number of nitrogens with one attached hydrogen (secondary N) is 1. The van der Waals surface area contributed by atoms with E-state index >= 15 is 0 Å². The molecular formula is C17H22ClN3O3S. The number of hydrogen-bond acceptors (Lipinski definition) is 5. The predicted octanol–water partition coefficient (Wildman–Crippen LogP) is 2.70. The van der Waals surface area contributed by atoms with Gasteiger partial charge in [-0.3, -0.25) is 14.2 Å². The van der Waals surface area contributed by atoms with Gasteiger partial charge in [0.15, 0.2) is 5.16 Å². The molecule has 136 valence electrons. The second kappa shape index (κ2) is 9.22. The molecule has 2 aromatic rings. The van der Waals surface area contributed by atoms with Crippen LogP contribution in [0.15, 0.2) is 28.2 Å². The van der Waals surface area contributed by atoms with Crippen LogP contribution in [0.3, 0.4) is 0 Å². The zero-order valence-electron chi connectivity index (χ0n) is 14.5. The van der Waals surface area contributed by atoms with Crippen molar-refractivity contribution in [1.29, 1.82) is 0 Å². The van der Waals surface area contributed by atoms with Gasteiger partial charge in [-0.15, -0.1) is 0 Å². The minimum Gasteiger partial charge on any atom is -0.379 e. The largest absolute Gasteiger partial charge is 0.379 e. The van der Waals surface area contributed by atoms with E-state index in [4.69, 9.17) is 16.3 Å². The monoisotopic (exact) mass is 383 g/mol. The van der Waals surface area contributed by atoms with Crippen LogP contribution in [0.25, 0.3) is 10.9 Å². The van der Waals surface area contributed by atoms with Crippen LogP contribution >= 0.6 is 23.4 Å². The number of carbonyl (C=O) groups is 1. The molecule has 0 atom stereocenters. The lowest BCUT2D eigenvalue weighted by molar-refractivity contribution is -0.118. The first-order valence-corrected chi connectivity index (χ1v) is 9.43. The number of thioether (sulfide) groups is 1. The van der Waals surface area contributed by atoms with Gasteiger partial charge in [-0.05, 0) is 38.5 Å². The van der Waals surface area contributed by atoms with Crippen LogP contribution < -0.4 is 10.9 Å². The summed E-state index contributed by atoms with van der Waals surface area (Å²) in [6.07, 6.45) is 0.836. The molecule has 0 aliphatic heterocycles. The molecular weight excluding hydrogens is 362 g/mol. The van der Waals surface area contributed by atoms with Gasteiger partial charge >= 0.3 is 0 Å². The third-order valence-corrected chi connectivity index (χ3v) is 4.68. The fourth-order valence-corrected chi connectivity index (χ4v) is 3.29. The van der Waals surface area contributed by atoms with Crippen molar-refractivity contribution in [1.82, 2.24) is 14.9 Å².